The molecule has 1 aromatic carbocycles. The van der Waals surface area contributed by atoms with Crippen molar-refractivity contribution in [1.82, 2.24) is 24.4 Å². The summed E-state index contributed by atoms with van der Waals surface area (Å²) in [5.41, 5.74) is 7.35. The molecule has 0 aliphatic carbocycles. The number of nitrogens with zero attached hydrogens (tertiary/aromatic N) is 5. The van der Waals surface area contributed by atoms with Crippen molar-refractivity contribution in [1.29, 1.82) is 0 Å². The number of hydrogen-bond donors (Lipinski definition) is 1. The predicted octanol–water partition coefficient (Wildman–Crippen LogP) is 5.36. The normalized spacial score (nSPS) is 12.9. The number of imidazole rings is 1. The molecule has 3 aromatic rings. The van der Waals surface area contributed by atoms with Gasteiger partial charge in [-0.2, -0.15) is 0 Å². The molecule has 0 fully saturated rings. The molecule has 2 aromatic heterocycles. The Morgan fingerprint density at radius 3 is 2.64 bits per heavy atom. The molecule has 1 amide bonds. The average Bonchev–Trinajstić information content (AvgIpc) is 3.44. The largest absolute Gasteiger partial charge is 0.454 e. The third-order valence-electron chi connectivity index (χ3n) is 6.24. The highest BCUT2D eigenvalue weighted by Crippen LogP contribution is 2.41. The number of anilines is 1. The number of carbonyl (C=O) groups excluding carboxylic acids is 2. The molecule has 3 heterocycles. The van der Waals surface area contributed by atoms with Gasteiger partial charge in [0.15, 0.2) is 38.8 Å². The highest BCUT2D eigenvalue weighted by atomic mass is 127. The molecule has 0 saturated heterocycles. The van der Waals surface area contributed by atoms with Crippen molar-refractivity contribution < 1.29 is 19.1 Å². The van der Waals surface area contributed by atoms with Crippen LogP contribution in [0, 0.1) is 3.57 Å². The third kappa shape index (κ3) is 7.28. The number of nitrogen functional groups attached to an aromatic ring is 1. The van der Waals surface area contributed by atoms with Crippen LogP contribution in [0.3, 0.4) is 0 Å². The maximum Gasteiger partial charge on any atom is 0.231 e. The molecule has 1 aliphatic heterocycles. The molecule has 0 saturated carbocycles. The topological polar surface area (TPSA) is 125 Å². The van der Waals surface area contributed by atoms with Gasteiger partial charge in [0.1, 0.15) is 6.33 Å². The zero-order valence-corrected chi connectivity index (χ0v) is 26.5. The molecule has 0 atom stereocenters. The van der Waals surface area contributed by atoms with Crippen LogP contribution in [0.5, 0.6) is 11.5 Å². The number of thioether (sulfide) groups is 1. The first-order valence-corrected chi connectivity index (χ1v) is 15.4. The van der Waals surface area contributed by atoms with E-state index in [9.17, 15) is 9.59 Å². The number of fused-ring (bicyclic) bond motifs is 2. The first-order valence-electron chi connectivity index (χ1n) is 12.7. The molecule has 13 heteroatoms. The van der Waals surface area contributed by atoms with Gasteiger partial charge in [0, 0.05) is 45.7 Å². The summed E-state index contributed by atoms with van der Waals surface area (Å²) in [6.45, 7) is 11.0. The first kappa shape index (κ1) is 29.7. The molecule has 0 bridgehead atoms. The molecule has 39 heavy (non-hydrogen) atoms. The summed E-state index contributed by atoms with van der Waals surface area (Å²) in [7, 11) is 0. The van der Waals surface area contributed by atoms with Crippen LogP contribution in [0.1, 0.15) is 53.9 Å². The number of halogens is 1. The number of hydrogen-bond acceptors (Lipinski definition) is 10. The van der Waals surface area contributed by atoms with Crippen molar-refractivity contribution in [2.24, 2.45) is 0 Å². The Hall–Kier alpha value is -2.26. The molecule has 210 valence electrons. The lowest BCUT2D eigenvalue weighted by atomic mass is 10.1. The van der Waals surface area contributed by atoms with E-state index in [0.29, 0.717) is 55.1 Å². The van der Waals surface area contributed by atoms with Crippen molar-refractivity contribution in [3.05, 3.63) is 22.0 Å². The van der Waals surface area contributed by atoms with Gasteiger partial charge in [0.2, 0.25) is 12.7 Å². The monoisotopic (exact) mass is 684 g/mol. The van der Waals surface area contributed by atoms with Crippen LogP contribution in [-0.4, -0.2) is 59.6 Å². The van der Waals surface area contributed by atoms with Crippen LogP contribution in [0.25, 0.3) is 11.2 Å². The number of benzene rings is 1. The highest BCUT2D eigenvalue weighted by molar-refractivity contribution is 14.1. The Labute approximate surface area is 250 Å². The van der Waals surface area contributed by atoms with Crippen LogP contribution in [0.4, 0.5) is 5.82 Å². The minimum absolute atomic E-state index is 0.0580. The fraction of sp³-hybridized carbons (Fsp3) is 0.500. The molecule has 4 rings (SSSR count). The Kier molecular flexibility index (Phi) is 9.53. The quantitative estimate of drug-likeness (QED) is 0.264. The summed E-state index contributed by atoms with van der Waals surface area (Å²) in [5, 5.41) is 0.800. The van der Waals surface area contributed by atoms with Crippen LogP contribution < -0.4 is 15.2 Å². The van der Waals surface area contributed by atoms with E-state index in [1.165, 1.54) is 29.9 Å². The van der Waals surface area contributed by atoms with Gasteiger partial charge in [-0.1, -0.05) is 37.4 Å². The number of rotatable bonds is 11. The van der Waals surface area contributed by atoms with Crippen LogP contribution in [0.15, 0.2) is 28.5 Å². The predicted molar refractivity (Wildman–Crippen MR) is 162 cm³/mol. The SMILES string of the molecule is CC(=O)SC(C)(C)CCC(=O)N(CCCn1c(Sc2cc3c(cc2I)OCO3)nc2c(N)ncnc21)C(C)C. The number of nitrogens with two attached hydrogens (primary N) is 1. The lowest BCUT2D eigenvalue weighted by molar-refractivity contribution is -0.133. The zero-order chi connectivity index (χ0) is 28.3. The lowest BCUT2D eigenvalue weighted by Gasteiger charge is -2.29. The number of amides is 1. The Balaban J connectivity index is 1.50. The number of aryl methyl sites for hydroxylation is 1. The van der Waals surface area contributed by atoms with Crippen molar-refractivity contribution in [2.75, 3.05) is 19.1 Å². The number of carbonyl (C=O) groups is 2. The minimum atomic E-state index is -0.280. The van der Waals surface area contributed by atoms with Gasteiger partial charge >= 0.3 is 0 Å². The molecule has 10 nitrogen and oxygen atoms in total. The first-order chi connectivity index (χ1) is 18.4. The third-order valence-corrected chi connectivity index (χ3v) is 9.59. The van der Waals surface area contributed by atoms with Gasteiger partial charge in [0.05, 0.1) is 0 Å². The van der Waals surface area contributed by atoms with Gasteiger partial charge in [-0.15, -0.1) is 0 Å². The molecule has 2 N–H and O–H groups in total. The molecule has 1 aliphatic rings. The Morgan fingerprint density at radius 2 is 1.95 bits per heavy atom. The van der Waals surface area contributed by atoms with E-state index < -0.39 is 0 Å². The van der Waals surface area contributed by atoms with E-state index in [1.807, 2.05) is 49.3 Å². The van der Waals surface area contributed by atoms with E-state index in [-0.39, 0.29) is 28.6 Å². The summed E-state index contributed by atoms with van der Waals surface area (Å²) < 4.78 is 13.8. The standard InChI is InChI=1S/C26H33IN6O4S2/c1-15(2)32(21(35)7-8-26(4,5)39-16(3)34)9-6-10-33-24-22(23(28)29-13-30-24)31-25(33)38-20-12-19-18(11-17(20)27)36-14-37-19/h11-13,15H,6-10,14H2,1-5H3,(H2,28,29,30). The second-order valence-corrected chi connectivity index (χ2v) is 14.2. The van der Waals surface area contributed by atoms with Crippen LogP contribution in [-0.2, 0) is 16.1 Å². The molecular formula is C26H33IN6O4S2. The fourth-order valence-electron chi connectivity index (χ4n) is 4.35. The maximum atomic E-state index is 13.2. The Bertz CT molecular complexity index is 1380. The highest BCUT2D eigenvalue weighted by Gasteiger charge is 2.25. The van der Waals surface area contributed by atoms with Crippen molar-refractivity contribution >= 4 is 74.1 Å². The molecule has 0 radical (unpaired) electrons. The summed E-state index contributed by atoms with van der Waals surface area (Å²) in [6, 6.07) is 3.97. The van der Waals surface area contributed by atoms with Crippen molar-refractivity contribution in [3.63, 3.8) is 0 Å². The zero-order valence-electron chi connectivity index (χ0n) is 22.7. The summed E-state index contributed by atoms with van der Waals surface area (Å²) in [4.78, 5) is 41.0. The van der Waals surface area contributed by atoms with Gasteiger partial charge in [0.25, 0.3) is 0 Å². The molecule has 0 spiro atoms. The van der Waals surface area contributed by atoms with Gasteiger partial charge < -0.3 is 24.7 Å². The van der Waals surface area contributed by atoms with E-state index >= 15 is 0 Å². The summed E-state index contributed by atoms with van der Waals surface area (Å²) in [5.74, 6) is 1.85. The number of aromatic nitrogens is 4. The van der Waals surface area contributed by atoms with Crippen molar-refractivity contribution in [3.8, 4) is 11.5 Å². The minimum Gasteiger partial charge on any atom is -0.454 e. The van der Waals surface area contributed by atoms with Crippen LogP contribution >= 0.6 is 46.1 Å². The average molecular weight is 685 g/mol. The van der Waals surface area contributed by atoms with E-state index in [2.05, 4.69) is 32.6 Å². The Morgan fingerprint density at radius 1 is 1.23 bits per heavy atom. The van der Waals surface area contributed by atoms with E-state index in [0.717, 1.165) is 19.4 Å². The molecule has 0 unspecified atom stereocenters. The van der Waals surface area contributed by atoms with Gasteiger partial charge in [-0.25, -0.2) is 15.0 Å². The fourth-order valence-corrected chi connectivity index (χ4v) is 7.05. The number of ether oxygens (including phenoxy) is 2. The van der Waals surface area contributed by atoms with Gasteiger partial charge in [-0.05, 0) is 61.4 Å². The van der Waals surface area contributed by atoms with Crippen molar-refractivity contribution in [2.45, 2.75) is 81.3 Å². The summed E-state index contributed by atoms with van der Waals surface area (Å²) >= 11 is 5.07. The second kappa shape index (κ2) is 12.5. The lowest BCUT2D eigenvalue weighted by Crippen LogP contribution is -2.38. The molecular weight excluding hydrogens is 651 g/mol. The van der Waals surface area contributed by atoms with Gasteiger partial charge in [-0.3, -0.25) is 9.59 Å². The summed E-state index contributed by atoms with van der Waals surface area (Å²) in [6.07, 6.45) is 3.18. The second-order valence-electron chi connectivity index (χ2n) is 10.1. The smallest absolute Gasteiger partial charge is 0.231 e. The van der Waals surface area contributed by atoms with E-state index in [1.54, 1.807) is 6.92 Å². The van der Waals surface area contributed by atoms with E-state index in [4.69, 9.17) is 20.2 Å². The maximum absolute atomic E-state index is 13.2. The van der Waals surface area contributed by atoms with Crippen LogP contribution in [0.2, 0.25) is 0 Å².